The first kappa shape index (κ1) is 11.7. The summed E-state index contributed by atoms with van der Waals surface area (Å²) >= 11 is 1.51. The van der Waals surface area contributed by atoms with Crippen LogP contribution < -0.4 is 11.1 Å². The van der Waals surface area contributed by atoms with Crippen molar-refractivity contribution in [3.05, 3.63) is 6.20 Å². The Labute approximate surface area is 101 Å². The molecule has 0 aliphatic carbocycles. The monoisotopic (exact) mass is 240 g/mol. The van der Waals surface area contributed by atoms with Crippen molar-refractivity contribution in [3.63, 3.8) is 0 Å². The molecule has 3 N–H and O–H groups in total. The lowest BCUT2D eigenvalue weighted by Crippen LogP contribution is -2.36. The van der Waals surface area contributed by atoms with Crippen molar-refractivity contribution in [2.24, 2.45) is 5.92 Å². The van der Waals surface area contributed by atoms with Crippen LogP contribution in [-0.4, -0.2) is 36.1 Å². The first-order valence-corrected chi connectivity index (χ1v) is 6.73. The Morgan fingerprint density at radius 1 is 1.56 bits per heavy atom. The normalized spacial score (nSPS) is 18.8. The minimum absolute atomic E-state index is 0.772. The van der Waals surface area contributed by atoms with E-state index >= 15 is 0 Å². The Hall–Kier alpha value is -0.810. The molecule has 0 atom stereocenters. The molecule has 1 aromatic heterocycles. The van der Waals surface area contributed by atoms with Gasteiger partial charge in [-0.3, -0.25) is 0 Å². The van der Waals surface area contributed by atoms with Gasteiger partial charge in [-0.15, -0.1) is 0 Å². The summed E-state index contributed by atoms with van der Waals surface area (Å²) in [4.78, 5) is 6.69. The van der Waals surface area contributed by atoms with Gasteiger partial charge in [0.2, 0.25) is 0 Å². The average molecular weight is 240 g/mol. The van der Waals surface area contributed by atoms with Crippen molar-refractivity contribution in [1.82, 2.24) is 9.88 Å². The van der Waals surface area contributed by atoms with Crippen LogP contribution in [0.2, 0.25) is 0 Å². The molecular formula is C11H20N4S. The number of rotatable bonds is 4. The molecule has 1 aromatic rings. The molecule has 16 heavy (non-hydrogen) atoms. The highest BCUT2D eigenvalue weighted by molar-refractivity contribution is 7.19. The maximum Gasteiger partial charge on any atom is 0.184 e. The molecule has 1 aliphatic heterocycles. The zero-order valence-electron chi connectivity index (χ0n) is 9.78. The second-order valence-electron chi connectivity index (χ2n) is 4.52. The third-order valence-electron chi connectivity index (χ3n) is 3.10. The lowest BCUT2D eigenvalue weighted by atomic mass is 9.99. The predicted molar refractivity (Wildman–Crippen MR) is 69.9 cm³/mol. The van der Waals surface area contributed by atoms with E-state index in [1.165, 1.54) is 37.3 Å². The number of aromatic nitrogens is 1. The smallest absolute Gasteiger partial charge is 0.184 e. The zero-order valence-corrected chi connectivity index (χ0v) is 10.6. The molecule has 2 rings (SSSR count). The fraction of sp³-hybridized carbons (Fsp3) is 0.727. The SMILES string of the molecule is CC1CCN(CCNc2ncc(N)s2)CC1. The van der Waals surface area contributed by atoms with Crippen molar-refractivity contribution in [2.75, 3.05) is 37.2 Å². The Bertz CT molecular complexity index is 318. The summed E-state index contributed by atoms with van der Waals surface area (Å²) in [5, 5.41) is 5.02. The Morgan fingerprint density at radius 3 is 2.94 bits per heavy atom. The Kier molecular flexibility index (Phi) is 4.01. The molecular weight excluding hydrogens is 220 g/mol. The van der Waals surface area contributed by atoms with E-state index < -0.39 is 0 Å². The minimum atomic E-state index is 0.772. The fourth-order valence-electron chi connectivity index (χ4n) is 1.97. The predicted octanol–water partition coefficient (Wildman–Crippen LogP) is 1.87. The fourth-order valence-corrected chi connectivity index (χ4v) is 2.58. The molecule has 0 radical (unpaired) electrons. The highest BCUT2D eigenvalue weighted by atomic mass is 32.1. The molecule has 90 valence electrons. The van der Waals surface area contributed by atoms with Gasteiger partial charge in [0.25, 0.3) is 0 Å². The maximum atomic E-state index is 5.61. The zero-order chi connectivity index (χ0) is 11.4. The van der Waals surface area contributed by atoms with Crippen molar-refractivity contribution >= 4 is 21.5 Å². The Balaban J connectivity index is 1.64. The van der Waals surface area contributed by atoms with Crippen molar-refractivity contribution in [1.29, 1.82) is 0 Å². The number of hydrogen-bond donors (Lipinski definition) is 2. The van der Waals surface area contributed by atoms with Crippen molar-refractivity contribution in [2.45, 2.75) is 19.8 Å². The van der Waals surface area contributed by atoms with Crippen molar-refractivity contribution in [3.8, 4) is 0 Å². The summed E-state index contributed by atoms with van der Waals surface area (Å²) in [6, 6.07) is 0. The van der Waals surface area contributed by atoms with E-state index in [9.17, 15) is 0 Å². The molecule has 0 amide bonds. The topological polar surface area (TPSA) is 54.2 Å². The van der Waals surface area contributed by atoms with Gasteiger partial charge in [0.1, 0.15) is 5.00 Å². The molecule has 1 saturated heterocycles. The number of nitrogens with zero attached hydrogens (tertiary/aromatic N) is 2. The van der Waals surface area contributed by atoms with Crippen LogP contribution in [0.3, 0.4) is 0 Å². The molecule has 0 saturated carbocycles. The maximum absolute atomic E-state index is 5.61. The number of nitrogen functional groups attached to an aromatic ring is 1. The van der Waals surface area contributed by atoms with E-state index in [0.29, 0.717) is 0 Å². The third-order valence-corrected chi connectivity index (χ3v) is 3.89. The number of likely N-dealkylation sites (tertiary alicyclic amines) is 1. The quantitative estimate of drug-likeness (QED) is 0.843. The van der Waals surface area contributed by atoms with Gasteiger partial charge in [-0.05, 0) is 31.8 Å². The summed E-state index contributed by atoms with van der Waals surface area (Å²) in [5.41, 5.74) is 5.61. The van der Waals surface area contributed by atoms with Crippen LogP contribution in [0.25, 0.3) is 0 Å². The summed E-state index contributed by atoms with van der Waals surface area (Å²) in [6.45, 7) is 6.88. The second-order valence-corrected chi connectivity index (χ2v) is 5.58. The van der Waals surface area contributed by atoms with Gasteiger partial charge >= 0.3 is 0 Å². The van der Waals surface area contributed by atoms with Crippen LogP contribution in [0.4, 0.5) is 10.1 Å². The van der Waals surface area contributed by atoms with Crippen LogP contribution in [0, 0.1) is 5.92 Å². The summed E-state index contributed by atoms with van der Waals surface area (Å²) in [7, 11) is 0. The number of anilines is 2. The van der Waals surface area contributed by atoms with Crippen molar-refractivity contribution < 1.29 is 0 Å². The minimum Gasteiger partial charge on any atom is -0.389 e. The van der Waals surface area contributed by atoms with Gasteiger partial charge in [0, 0.05) is 13.1 Å². The van der Waals surface area contributed by atoms with Crippen LogP contribution in [0.15, 0.2) is 6.20 Å². The standard InChI is InChI=1S/C11H20N4S/c1-9-2-5-15(6-3-9)7-4-13-11-14-8-10(12)16-11/h8-9H,2-7,12H2,1H3,(H,13,14). The number of hydrogen-bond acceptors (Lipinski definition) is 5. The van der Waals surface area contributed by atoms with Crippen LogP contribution in [0.1, 0.15) is 19.8 Å². The van der Waals surface area contributed by atoms with Gasteiger partial charge < -0.3 is 16.0 Å². The average Bonchev–Trinajstić information content (AvgIpc) is 2.67. The van der Waals surface area contributed by atoms with E-state index in [4.69, 9.17) is 5.73 Å². The summed E-state index contributed by atoms with van der Waals surface area (Å²) in [6.07, 6.45) is 4.38. The van der Waals surface area contributed by atoms with Gasteiger partial charge in [-0.2, -0.15) is 0 Å². The van der Waals surface area contributed by atoms with Crippen LogP contribution >= 0.6 is 11.3 Å². The van der Waals surface area contributed by atoms with E-state index in [0.717, 1.165) is 29.1 Å². The molecule has 4 nitrogen and oxygen atoms in total. The van der Waals surface area contributed by atoms with Gasteiger partial charge in [0.15, 0.2) is 5.13 Å². The molecule has 1 fully saturated rings. The number of thiazole rings is 1. The van der Waals surface area contributed by atoms with E-state index in [1.54, 1.807) is 6.20 Å². The first-order chi connectivity index (χ1) is 7.74. The lowest BCUT2D eigenvalue weighted by molar-refractivity contribution is 0.199. The van der Waals surface area contributed by atoms with Gasteiger partial charge in [0.05, 0.1) is 6.20 Å². The lowest BCUT2D eigenvalue weighted by Gasteiger charge is -2.30. The highest BCUT2D eigenvalue weighted by Gasteiger charge is 2.14. The van der Waals surface area contributed by atoms with Crippen LogP contribution in [0.5, 0.6) is 0 Å². The molecule has 0 unspecified atom stereocenters. The molecule has 0 spiro atoms. The van der Waals surface area contributed by atoms with Gasteiger partial charge in [-0.1, -0.05) is 18.3 Å². The summed E-state index contributed by atoms with van der Waals surface area (Å²) in [5.74, 6) is 0.906. The molecule has 0 bridgehead atoms. The highest BCUT2D eigenvalue weighted by Crippen LogP contribution is 2.19. The second kappa shape index (κ2) is 5.50. The molecule has 0 aromatic carbocycles. The third kappa shape index (κ3) is 3.35. The van der Waals surface area contributed by atoms with Crippen LogP contribution in [-0.2, 0) is 0 Å². The first-order valence-electron chi connectivity index (χ1n) is 5.91. The van der Waals surface area contributed by atoms with Gasteiger partial charge in [-0.25, -0.2) is 4.98 Å². The molecule has 1 aliphatic rings. The Morgan fingerprint density at radius 2 is 2.31 bits per heavy atom. The number of nitrogens with two attached hydrogens (primary N) is 1. The summed E-state index contributed by atoms with van der Waals surface area (Å²) < 4.78 is 0. The van der Waals surface area contributed by atoms with E-state index in [-0.39, 0.29) is 0 Å². The largest absolute Gasteiger partial charge is 0.389 e. The molecule has 2 heterocycles. The number of nitrogens with one attached hydrogen (secondary N) is 1. The van der Waals surface area contributed by atoms with E-state index in [2.05, 4.69) is 22.1 Å². The van der Waals surface area contributed by atoms with E-state index in [1.807, 2.05) is 0 Å². The number of piperidine rings is 1. The molecule has 5 heteroatoms.